The Balaban J connectivity index is 1.60. The van der Waals surface area contributed by atoms with E-state index in [1.807, 2.05) is 56.3 Å². The first-order valence-electron chi connectivity index (χ1n) is 10.2. The molecule has 3 aromatic rings. The lowest BCUT2D eigenvalue weighted by Crippen LogP contribution is -2.34. The molecule has 0 aliphatic carbocycles. The smallest absolute Gasteiger partial charge is 0.272 e. The van der Waals surface area contributed by atoms with Crippen LogP contribution in [-0.4, -0.2) is 53.4 Å². The number of nitrogens with one attached hydrogen (secondary N) is 1. The minimum atomic E-state index is -1.05. The highest BCUT2D eigenvalue weighted by Crippen LogP contribution is 2.36. The minimum Gasteiger partial charge on any atom is -0.497 e. The minimum absolute atomic E-state index is 0.179. The molecule has 4 rings (SSSR count). The van der Waals surface area contributed by atoms with Crippen LogP contribution in [0.5, 0.6) is 11.5 Å². The second-order valence-electron chi connectivity index (χ2n) is 8.01. The zero-order chi connectivity index (χ0) is 22.2. The van der Waals surface area contributed by atoms with Crippen LogP contribution in [0, 0.1) is 13.8 Å². The van der Waals surface area contributed by atoms with Crippen molar-refractivity contribution in [3.63, 3.8) is 0 Å². The number of nitrogens with zero attached hydrogens (tertiary/aromatic N) is 2. The maximum absolute atomic E-state index is 13.3. The molecule has 1 aliphatic rings. The predicted molar refractivity (Wildman–Crippen MR) is 117 cm³/mol. The standard InChI is InChI=1S/C24H27N3O4/c1-15-5-7-17(8-6-15)24(29)11-12-27(14-24)23(28)22-16(2)21(25-26-22)19-13-18(30-3)9-10-20(19)31-4/h5-10,13,29H,11-12,14H2,1-4H3,(H,25,26)/t24-/m0/s1. The average Bonchev–Trinajstić information content (AvgIpc) is 3.37. The van der Waals surface area contributed by atoms with Crippen molar-refractivity contribution >= 4 is 5.91 Å². The highest BCUT2D eigenvalue weighted by atomic mass is 16.5. The number of amides is 1. The number of methoxy groups -OCH3 is 2. The number of H-pyrrole nitrogens is 1. The Bertz CT molecular complexity index is 1110. The Morgan fingerprint density at radius 1 is 1.13 bits per heavy atom. The molecule has 0 radical (unpaired) electrons. The number of rotatable bonds is 5. The number of hydrogen-bond acceptors (Lipinski definition) is 5. The number of likely N-dealkylation sites (tertiary alicyclic amines) is 1. The van der Waals surface area contributed by atoms with Crippen LogP contribution in [0.1, 0.15) is 33.6 Å². The van der Waals surface area contributed by atoms with Gasteiger partial charge in [0.1, 0.15) is 22.8 Å². The van der Waals surface area contributed by atoms with E-state index in [4.69, 9.17) is 9.47 Å². The van der Waals surface area contributed by atoms with E-state index >= 15 is 0 Å². The third-order valence-corrected chi connectivity index (χ3v) is 6.01. The molecule has 0 spiro atoms. The zero-order valence-corrected chi connectivity index (χ0v) is 18.2. The Morgan fingerprint density at radius 3 is 2.55 bits per heavy atom. The number of aryl methyl sites for hydroxylation is 1. The van der Waals surface area contributed by atoms with Gasteiger partial charge in [0.15, 0.2) is 0 Å². The molecule has 2 aromatic carbocycles. The van der Waals surface area contributed by atoms with Gasteiger partial charge < -0.3 is 19.5 Å². The van der Waals surface area contributed by atoms with Gasteiger partial charge in [0.05, 0.1) is 26.5 Å². The largest absolute Gasteiger partial charge is 0.497 e. The molecule has 1 aliphatic heterocycles. The molecule has 1 aromatic heterocycles. The van der Waals surface area contributed by atoms with Gasteiger partial charge in [-0.25, -0.2) is 0 Å². The Morgan fingerprint density at radius 2 is 1.87 bits per heavy atom. The number of carbonyl (C=O) groups is 1. The van der Waals surface area contributed by atoms with Crippen LogP contribution < -0.4 is 9.47 Å². The van der Waals surface area contributed by atoms with Crippen molar-refractivity contribution in [2.75, 3.05) is 27.3 Å². The molecule has 1 amide bonds. The Kier molecular flexibility index (Phi) is 5.45. The van der Waals surface area contributed by atoms with Gasteiger partial charge in [0, 0.05) is 17.7 Å². The number of ether oxygens (including phenoxy) is 2. The van der Waals surface area contributed by atoms with Crippen molar-refractivity contribution in [1.82, 2.24) is 15.1 Å². The maximum Gasteiger partial charge on any atom is 0.272 e. The van der Waals surface area contributed by atoms with Crippen LogP contribution in [-0.2, 0) is 5.60 Å². The number of benzene rings is 2. The predicted octanol–water partition coefficient (Wildman–Crippen LogP) is 3.44. The van der Waals surface area contributed by atoms with Gasteiger partial charge >= 0.3 is 0 Å². The van der Waals surface area contributed by atoms with E-state index in [1.54, 1.807) is 19.1 Å². The molecule has 1 saturated heterocycles. The third-order valence-electron chi connectivity index (χ3n) is 6.01. The lowest BCUT2D eigenvalue weighted by molar-refractivity contribution is 0.0415. The molecule has 1 atom stereocenters. The van der Waals surface area contributed by atoms with Crippen molar-refractivity contribution in [3.8, 4) is 22.8 Å². The van der Waals surface area contributed by atoms with E-state index in [9.17, 15) is 9.90 Å². The quantitative estimate of drug-likeness (QED) is 0.659. The lowest BCUT2D eigenvalue weighted by atomic mass is 9.92. The number of β-amino-alcohol motifs (C(OH)–C–C–N with tert-alkyl or cyclic N) is 1. The van der Waals surface area contributed by atoms with Crippen molar-refractivity contribution in [3.05, 3.63) is 64.8 Å². The fourth-order valence-corrected chi connectivity index (χ4v) is 4.09. The molecule has 2 heterocycles. The zero-order valence-electron chi connectivity index (χ0n) is 18.2. The van der Waals surface area contributed by atoms with Crippen molar-refractivity contribution in [2.24, 2.45) is 0 Å². The molecule has 2 N–H and O–H groups in total. The normalized spacial score (nSPS) is 18.3. The van der Waals surface area contributed by atoms with E-state index < -0.39 is 5.60 Å². The molecule has 0 saturated carbocycles. The summed E-state index contributed by atoms with van der Waals surface area (Å²) in [6.07, 6.45) is 0.492. The van der Waals surface area contributed by atoms with Crippen LogP contribution in [0.4, 0.5) is 0 Å². The molecule has 162 valence electrons. The van der Waals surface area contributed by atoms with E-state index in [2.05, 4.69) is 10.2 Å². The number of hydrogen-bond donors (Lipinski definition) is 2. The summed E-state index contributed by atoms with van der Waals surface area (Å²) in [7, 11) is 3.19. The van der Waals surface area contributed by atoms with Crippen LogP contribution in [0.3, 0.4) is 0 Å². The number of aliphatic hydroxyl groups is 1. The van der Waals surface area contributed by atoms with Gasteiger partial charge in [-0.2, -0.15) is 5.10 Å². The van der Waals surface area contributed by atoms with Crippen molar-refractivity contribution in [1.29, 1.82) is 0 Å². The fourth-order valence-electron chi connectivity index (χ4n) is 4.09. The van der Waals surface area contributed by atoms with Crippen LogP contribution in [0.15, 0.2) is 42.5 Å². The molecular formula is C24H27N3O4. The highest BCUT2D eigenvalue weighted by Gasteiger charge is 2.40. The summed E-state index contributed by atoms with van der Waals surface area (Å²) in [5, 5.41) is 18.4. The van der Waals surface area contributed by atoms with E-state index in [1.165, 1.54) is 0 Å². The molecule has 0 unspecified atom stereocenters. The summed E-state index contributed by atoms with van der Waals surface area (Å²) < 4.78 is 10.8. The van der Waals surface area contributed by atoms with Crippen molar-refractivity contribution in [2.45, 2.75) is 25.9 Å². The highest BCUT2D eigenvalue weighted by molar-refractivity contribution is 5.96. The summed E-state index contributed by atoms with van der Waals surface area (Å²) in [5.74, 6) is 1.14. The Labute approximate surface area is 181 Å². The van der Waals surface area contributed by atoms with Gasteiger partial charge in [0.25, 0.3) is 5.91 Å². The molecule has 7 heteroatoms. The van der Waals surface area contributed by atoms with Crippen molar-refractivity contribution < 1.29 is 19.4 Å². The van der Waals surface area contributed by atoms with Gasteiger partial charge in [-0.1, -0.05) is 29.8 Å². The molecule has 7 nitrogen and oxygen atoms in total. The second-order valence-corrected chi connectivity index (χ2v) is 8.01. The first kappa shape index (κ1) is 20.9. The van der Waals surface area contributed by atoms with Crippen LogP contribution in [0.25, 0.3) is 11.3 Å². The second kappa shape index (κ2) is 8.07. The third kappa shape index (κ3) is 3.77. The summed E-state index contributed by atoms with van der Waals surface area (Å²) in [6, 6.07) is 13.3. The first-order chi connectivity index (χ1) is 14.9. The molecule has 31 heavy (non-hydrogen) atoms. The van der Waals surface area contributed by atoms with Gasteiger partial charge in [-0.15, -0.1) is 0 Å². The SMILES string of the molecule is COc1ccc(OC)c(-c2n[nH]c(C(=O)N3CC[C@@](O)(c4ccc(C)cc4)C3)c2C)c1. The average molecular weight is 421 g/mol. The summed E-state index contributed by atoms with van der Waals surface area (Å²) >= 11 is 0. The van der Waals surface area contributed by atoms with Gasteiger partial charge in [-0.3, -0.25) is 9.89 Å². The fraction of sp³-hybridized carbons (Fsp3) is 0.333. The summed E-state index contributed by atoms with van der Waals surface area (Å²) in [4.78, 5) is 14.9. The number of aromatic amines is 1. The molecule has 1 fully saturated rings. The lowest BCUT2D eigenvalue weighted by Gasteiger charge is -2.24. The van der Waals surface area contributed by atoms with E-state index in [0.717, 1.165) is 22.3 Å². The van der Waals surface area contributed by atoms with Crippen LogP contribution >= 0.6 is 0 Å². The summed E-state index contributed by atoms with van der Waals surface area (Å²) in [6.45, 7) is 4.58. The first-order valence-corrected chi connectivity index (χ1v) is 10.2. The van der Waals surface area contributed by atoms with Gasteiger partial charge in [0.2, 0.25) is 0 Å². The number of aromatic nitrogens is 2. The summed E-state index contributed by atoms with van der Waals surface area (Å²) in [5.41, 5.74) is 3.42. The maximum atomic E-state index is 13.3. The van der Waals surface area contributed by atoms with Crippen LogP contribution in [0.2, 0.25) is 0 Å². The Hall–Kier alpha value is -3.32. The molecular weight excluding hydrogens is 394 g/mol. The van der Waals surface area contributed by atoms with Gasteiger partial charge in [-0.05, 0) is 44.0 Å². The monoisotopic (exact) mass is 421 g/mol. The number of carbonyl (C=O) groups excluding carboxylic acids is 1. The van der Waals surface area contributed by atoms with E-state index in [-0.39, 0.29) is 12.5 Å². The molecule has 0 bridgehead atoms. The van der Waals surface area contributed by atoms with E-state index in [0.29, 0.717) is 35.9 Å². The topological polar surface area (TPSA) is 87.7 Å².